The molecule has 0 aliphatic carbocycles. The molecule has 0 saturated carbocycles. The second kappa shape index (κ2) is 7.31. The zero-order valence-electron chi connectivity index (χ0n) is 12.6. The number of fused-ring (bicyclic) bond motifs is 1. The fraction of sp³-hybridized carbons (Fsp3) is 0.111. The third kappa shape index (κ3) is 3.83. The number of hydrogen-bond donors (Lipinski definition) is 1. The molecule has 0 bridgehead atoms. The minimum absolute atomic E-state index is 0.0174. The first-order chi connectivity index (χ1) is 11.6. The van der Waals surface area contributed by atoms with Crippen LogP contribution in [0.1, 0.15) is 10.4 Å². The van der Waals surface area contributed by atoms with Gasteiger partial charge in [-0.1, -0.05) is 40.2 Å². The average Bonchev–Trinajstić information content (AvgIpc) is 2.58. The molecule has 1 aromatic heterocycles. The predicted octanol–water partition coefficient (Wildman–Crippen LogP) is 3.36. The van der Waals surface area contributed by atoms with Crippen LogP contribution in [-0.4, -0.2) is 19.1 Å². The molecule has 0 spiro atoms. The van der Waals surface area contributed by atoms with Gasteiger partial charge in [0, 0.05) is 9.86 Å². The highest BCUT2D eigenvalue weighted by atomic mass is 79.9. The highest BCUT2D eigenvalue weighted by Crippen LogP contribution is 2.17. The quantitative estimate of drug-likeness (QED) is 0.538. The first-order valence-electron chi connectivity index (χ1n) is 7.33. The van der Waals surface area contributed by atoms with Crippen LogP contribution in [0.5, 0.6) is 5.75 Å². The van der Waals surface area contributed by atoms with Crippen LogP contribution >= 0.6 is 15.9 Å². The van der Waals surface area contributed by atoms with E-state index in [0.717, 1.165) is 4.47 Å². The predicted molar refractivity (Wildman–Crippen MR) is 94.5 cm³/mol. The Kier molecular flexibility index (Phi) is 4.96. The third-order valence-electron chi connectivity index (χ3n) is 3.34. The van der Waals surface area contributed by atoms with E-state index in [0.29, 0.717) is 23.3 Å². The summed E-state index contributed by atoms with van der Waals surface area (Å²) in [5.74, 6) is 0.219. The number of ether oxygens (including phenoxy) is 1. The number of hydrogen-bond acceptors (Lipinski definition) is 4. The second-order valence-electron chi connectivity index (χ2n) is 5.05. The van der Waals surface area contributed by atoms with E-state index < -0.39 is 11.5 Å². The Labute approximate surface area is 146 Å². The molecule has 1 amide bonds. The van der Waals surface area contributed by atoms with Gasteiger partial charge in [-0.2, -0.15) is 0 Å². The van der Waals surface area contributed by atoms with Gasteiger partial charge in [-0.25, -0.2) is 4.79 Å². The van der Waals surface area contributed by atoms with Crippen molar-refractivity contribution in [3.63, 3.8) is 0 Å². The summed E-state index contributed by atoms with van der Waals surface area (Å²) < 4.78 is 11.6. The van der Waals surface area contributed by atoms with E-state index in [-0.39, 0.29) is 12.1 Å². The lowest BCUT2D eigenvalue weighted by molar-refractivity contribution is 0.0943. The summed E-state index contributed by atoms with van der Waals surface area (Å²) in [4.78, 5) is 24.0. The lowest BCUT2D eigenvalue weighted by Gasteiger charge is -2.08. The number of para-hydroxylation sites is 1. The highest BCUT2D eigenvalue weighted by molar-refractivity contribution is 9.10. The molecule has 3 aromatic rings. The molecular weight excluding hydrogens is 374 g/mol. The van der Waals surface area contributed by atoms with Gasteiger partial charge in [-0.05, 0) is 30.3 Å². The van der Waals surface area contributed by atoms with Crippen molar-refractivity contribution in [1.29, 1.82) is 0 Å². The molecule has 1 N–H and O–H groups in total. The first kappa shape index (κ1) is 16.3. The first-order valence-corrected chi connectivity index (χ1v) is 8.12. The minimum Gasteiger partial charge on any atom is -0.492 e. The summed E-state index contributed by atoms with van der Waals surface area (Å²) in [5, 5.41) is 3.36. The van der Waals surface area contributed by atoms with E-state index in [1.54, 1.807) is 18.2 Å². The van der Waals surface area contributed by atoms with E-state index in [2.05, 4.69) is 21.2 Å². The van der Waals surface area contributed by atoms with Crippen molar-refractivity contribution in [2.45, 2.75) is 0 Å². The maximum atomic E-state index is 12.1. The molecule has 0 aliphatic heterocycles. The van der Waals surface area contributed by atoms with E-state index in [9.17, 15) is 9.59 Å². The topological polar surface area (TPSA) is 68.5 Å². The van der Waals surface area contributed by atoms with Crippen molar-refractivity contribution in [1.82, 2.24) is 5.32 Å². The van der Waals surface area contributed by atoms with Crippen LogP contribution < -0.4 is 15.7 Å². The van der Waals surface area contributed by atoms with E-state index in [4.69, 9.17) is 9.15 Å². The van der Waals surface area contributed by atoms with Crippen molar-refractivity contribution in [3.8, 4) is 5.75 Å². The molecule has 5 nitrogen and oxygen atoms in total. The van der Waals surface area contributed by atoms with Crippen molar-refractivity contribution in [2.75, 3.05) is 13.2 Å². The number of carbonyl (C=O) groups excluding carboxylic acids is 1. The molecule has 24 heavy (non-hydrogen) atoms. The number of rotatable bonds is 5. The van der Waals surface area contributed by atoms with Crippen LogP contribution in [0.3, 0.4) is 0 Å². The summed E-state index contributed by atoms with van der Waals surface area (Å²) in [6.45, 7) is 0.568. The lowest BCUT2D eigenvalue weighted by atomic mass is 10.2. The Morgan fingerprint density at radius 2 is 1.96 bits per heavy atom. The smallest absolute Gasteiger partial charge is 0.349 e. The van der Waals surface area contributed by atoms with Crippen LogP contribution in [0.15, 0.2) is 68.3 Å². The van der Waals surface area contributed by atoms with E-state index >= 15 is 0 Å². The molecule has 0 radical (unpaired) electrons. The summed E-state index contributed by atoms with van der Waals surface area (Å²) >= 11 is 3.36. The number of nitrogens with one attached hydrogen (secondary N) is 1. The van der Waals surface area contributed by atoms with Crippen LogP contribution in [-0.2, 0) is 0 Å². The van der Waals surface area contributed by atoms with E-state index in [1.807, 2.05) is 30.3 Å². The van der Waals surface area contributed by atoms with Gasteiger partial charge in [0.1, 0.15) is 23.5 Å². The summed E-state index contributed by atoms with van der Waals surface area (Å²) in [7, 11) is 0. The Bertz CT molecular complexity index is 935. The number of benzene rings is 2. The van der Waals surface area contributed by atoms with Crippen molar-refractivity contribution in [3.05, 3.63) is 75.1 Å². The van der Waals surface area contributed by atoms with Crippen molar-refractivity contribution in [2.24, 2.45) is 0 Å². The molecule has 122 valence electrons. The molecule has 2 aromatic carbocycles. The van der Waals surface area contributed by atoms with Crippen LogP contribution in [0.25, 0.3) is 11.0 Å². The van der Waals surface area contributed by atoms with Gasteiger partial charge in [-0.15, -0.1) is 0 Å². The molecular formula is C18H14BrNO4. The van der Waals surface area contributed by atoms with Crippen LogP contribution in [0, 0.1) is 0 Å². The van der Waals surface area contributed by atoms with Gasteiger partial charge in [0.05, 0.1) is 6.54 Å². The fourth-order valence-corrected chi connectivity index (χ4v) is 2.58. The van der Waals surface area contributed by atoms with Crippen LogP contribution in [0.4, 0.5) is 0 Å². The van der Waals surface area contributed by atoms with Gasteiger partial charge in [0.15, 0.2) is 0 Å². The third-order valence-corrected chi connectivity index (χ3v) is 3.83. The van der Waals surface area contributed by atoms with Gasteiger partial charge in [0.25, 0.3) is 5.91 Å². The minimum atomic E-state index is -0.654. The summed E-state index contributed by atoms with van der Waals surface area (Å²) in [6.07, 6.45) is 0. The van der Waals surface area contributed by atoms with Crippen molar-refractivity contribution < 1.29 is 13.9 Å². The Hall–Kier alpha value is -2.60. The monoisotopic (exact) mass is 387 g/mol. The Balaban J connectivity index is 1.61. The molecule has 0 aliphatic rings. The zero-order chi connectivity index (χ0) is 16.9. The maximum absolute atomic E-state index is 12.1. The molecule has 0 saturated heterocycles. The largest absolute Gasteiger partial charge is 0.492 e. The fourth-order valence-electron chi connectivity index (χ4n) is 2.21. The second-order valence-corrected chi connectivity index (χ2v) is 5.96. The lowest BCUT2D eigenvalue weighted by Crippen LogP contribution is -2.31. The molecule has 3 rings (SSSR count). The summed E-state index contributed by atoms with van der Waals surface area (Å²) in [6, 6.07) is 16.0. The normalized spacial score (nSPS) is 10.5. The zero-order valence-corrected chi connectivity index (χ0v) is 14.2. The standard InChI is InChI=1S/C18H14BrNO4/c19-13-5-3-6-14(11-13)23-9-8-20-17(21)15-10-12-4-1-2-7-16(12)24-18(15)22/h1-7,10-11H,8-9H2,(H,20,21). The molecule has 0 fully saturated rings. The summed E-state index contributed by atoms with van der Waals surface area (Å²) in [5.41, 5.74) is -0.215. The molecule has 0 atom stereocenters. The van der Waals surface area contributed by atoms with Crippen LogP contribution in [0.2, 0.25) is 0 Å². The SMILES string of the molecule is O=C(NCCOc1cccc(Br)c1)c1cc2ccccc2oc1=O. The molecule has 6 heteroatoms. The number of halogens is 1. The average molecular weight is 388 g/mol. The van der Waals surface area contributed by atoms with Gasteiger partial charge in [-0.3, -0.25) is 4.79 Å². The highest BCUT2D eigenvalue weighted by Gasteiger charge is 2.13. The van der Waals surface area contributed by atoms with E-state index in [1.165, 1.54) is 6.07 Å². The van der Waals surface area contributed by atoms with Gasteiger partial charge < -0.3 is 14.5 Å². The number of carbonyl (C=O) groups is 1. The van der Waals surface area contributed by atoms with Gasteiger partial charge in [0.2, 0.25) is 0 Å². The van der Waals surface area contributed by atoms with Crippen molar-refractivity contribution >= 4 is 32.8 Å². The number of amides is 1. The van der Waals surface area contributed by atoms with Gasteiger partial charge >= 0.3 is 5.63 Å². The molecule has 1 heterocycles. The molecule has 0 unspecified atom stereocenters. The maximum Gasteiger partial charge on any atom is 0.349 e. The Morgan fingerprint density at radius 3 is 2.79 bits per heavy atom. The Morgan fingerprint density at radius 1 is 1.12 bits per heavy atom.